The Morgan fingerprint density at radius 3 is 2.80 bits per heavy atom. The zero-order chi connectivity index (χ0) is 15.0. The zero-order valence-electron chi connectivity index (χ0n) is 11.7. The molecule has 6 nitrogen and oxygen atoms in total. The summed E-state index contributed by atoms with van der Waals surface area (Å²) in [5.41, 5.74) is 6.16. The molecule has 112 valence electrons. The van der Waals surface area contributed by atoms with Crippen LogP contribution in [0.5, 0.6) is 0 Å². The lowest BCUT2D eigenvalue weighted by molar-refractivity contribution is 0.413. The van der Waals surface area contributed by atoms with Gasteiger partial charge in [-0.3, -0.25) is 10.4 Å². The fourth-order valence-electron chi connectivity index (χ4n) is 1.71. The third-order valence-corrected chi connectivity index (χ3v) is 4.76. The van der Waals surface area contributed by atoms with Crippen LogP contribution in [0.4, 0.5) is 0 Å². The van der Waals surface area contributed by atoms with Crippen molar-refractivity contribution < 1.29 is 8.42 Å². The number of hydrogen-bond donors (Lipinski definition) is 2. The molecule has 1 aromatic heterocycles. The van der Waals surface area contributed by atoms with Crippen LogP contribution >= 0.6 is 0 Å². The molecule has 0 aliphatic rings. The van der Waals surface area contributed by atoms with Gasteiger partial charge >= 0.3 is 0 Å². The Labute approximate surface area is 120 Å². The van der Waals surface area contributed by atoms with Gasteiger partial charge in [0.2, 0.25) is 10.0 Å². The quantitative estimate of drug-likeness (QED) is 0.530. The Bertz CT molecular complexity index is 516. The van der Waals surface area contributed by atoms with Gasteiger partial charge < -0.3 is 5.73 Å². The first-order valence-electron chi connectivity index (χ1n) is 6.65. The van der Waals surface area contributed by atoms with Gasteiger partial charge in [-0.1, -0.05) is 19.4 Å². The van der Waals surface area contributed by atoms with Crippen molar-refractivity contribution in [2.75, 3.05) is 12.3 Å². The molecule has 1 rings (SSSR count). The minimum Gasteiger partial charge on any atom is -0.388 e. The van der Waals surface area contributed by atoms with Crippen molar-refractivity contribution in [2.45, 2.75) is 32.7 Å². The van der Waals surface area contributed by atoms with Crippen LogP contribution in [0.25, 0.3) is 0 Å². The van der Waals surface area contributed by atoms with Gasteiger partial charge in [0, 0.05) is 31.9 Å². The molecule has 0 amide bonds. The lowest BCUT2D eigenvalue weighted by Gasteiger charge is -2.22. The van der Waals surface area contributed by atoms with E-state index in [0.29, 0.717) is 6.42 Å². The normalized spacial score (nSPS) is 11.7. The van der Waals surface area contributed by atoms with Gasteiger partial charge in [-0.05, 0) is 18.1 Å². The molecule has 1 aromatic rings. The molecule has 7 heteroatoms. The van der Waals surface area contributed by atoms with E-state index in [1.807, 2.05) is 13.0 Å². The number of nitrogens with zero attached hydrogens (tertiary/aromatic N) is 2. The molecule has 0 aliphatic heterocycles. The van der Waals surface area contributed by atoms with Gasteiger partial charge in [-0.15, -0.1) is 0 Å². The van der Waals surface area contributed by atoms with Gasteiger partial charge in [0.05, 0.1) is 11.6 Å². The monoisotopic (exact) mass is 298 g/mol. The van der Waals surface area contributed by atoms with E-state index in [-0.39, 0.29) is 31.1 Å². The molecule has 0 spiro atoms. The van der Waals surface area contributed by atoms with Crippen LogP contribution in [-0.2, 0) is 16.6 Å². The molecule has 3 N–H and O–H groups in total. The van der Waals surface area contributed by atoms with Crippen molar-refractivity contribution >= 4 is 15.9 Å². The first kappa shape index (κ1) is 16.6. The SMILES string of the molecule is CCCCS(=O)(=O)N(CCC(=N)N)Cc1cccnc1. The largest absolute Gasteiger partial charge is 0.388 e. The predicted octanol–water partition coefficient (Wildman–Crippen LogP) is 1.34. The Kier molecular flexibility index (Phi) is 6.60. The first-order valence-corrected chi connectivity index (χ1v) is 8.26. The van der Waals surface area contributed by atoms with E-state index in [4.69, 9.17) is 11.1 Å². The summed E-state index contributed by atoms with van der Waals surface area (Å²) in [4.78, 5) is 3.99. The summed E-state index contributed by atoms with van der Waals surface area (Å²) in [6, 6.07) is 3.61. The molecule has 0 saturated heterocycles. The summed E-state index contributed by atoms with van der Waals surface area (Å²) < 4.78 is 26.0. The first-order chi connectivity index (χ1) is 9.45. The maximum atomic E-state index is 12.3. The number of amidine groups is 1. The maximum absolute atomic E-state index is 12.3. The molecule has 1 heterocycles. The molecular weight excluding hydrogens is 276 g/mol. The van der Waals surface area contributed by atoms with Crippen LogP contribution in [0.2, 0.25) is 0 Å². The van der Waals surface area contributed by atoms with Gasteiger partial charge in [0.25, 0.3) is 0 Å². The highest BCUT2D eigenvalue weighted by Gasteiger charge is 2.21. The number of pyridine rings is 1. The van der Waals surface area contributed by atoms with E-state index >= 15 is 0 Å². The van der Waals surface area contributed by atoms with E-state index in [2.05, 4.69) is 4.98 Å². The van der Waals surface area contributed by atoms with Crippen molar-refractivity contribution in [3.63, 3.8) is 0 Å². The molecule has 0 atom stereocenters. The highest BCUT2D eigenvalue weighted by Crippen LogP contribution is 2.11. The minimum absolute atomic E-state index is 0.00752. The van der Waals surface area contributed by atoms with Gasteiger partial charge in [0.15, 0.2) is 0 Å². The number of aromatic nitrogens is 1. The Hall–Kier alpha value is -1.47. The summed E-state index contributed by atoms with van der Waals surface area (Å²) >= 11 is 0. The van der Waals surface area contributed by atoms with E-state index < -0.39 is 10.0 Å². The predicted molar refractivity (Wildman–Crippen MR) is 79.9 cm³/mol. The maximum Gasteiger partial charge on any atom is 0.214 e. The van der Waals surface area contributed by atoms with E-state index in [0.717, 1.165) is 12.0 Å². The lowest BCUT2D eigenvalue weighted by Crippen LogP contribution is -2.35. The summed E-state index contributed by atoms with van der Waals surface area (Å²) in [6.45, 7) is 2.46. The molecule has 0 unspecified atom stereocenters. The second-order valence-electron chi connectivity index (χ2n) is 4.64. The summed E-state index contributed by atoms with van der Waals surface area (Å²) in [5.74, 6) is 0.119. The Morgan fingerprint density at radius 1 is 1.50 bits per heavy atom. The summed E-state index contributed by atoms with van der Waals surface area (Å²) in [6.07, 6.45) is 5.00. The summed E-state index contributed by atoms with van der Waals surface area (Å²) in [5, 5.41) is 7.25. The Balaban J connectivity index is 2.81. The second-order valence-corrected chi connectivity index (χ2v) is 6.73. The number of nitrogens with one attached hydrogen (secondary N) is 1. The van der Waals surface area contributed by atoms with Crippen molar-refractivity contribution in [3.8, 4) is 0 Å². The smallest absolute Gasteiger partial charge is 0.214 e. The van der Waals surface area contributed by atoms with Gasteiger partial charge in [-0.2, -0.15) is 4.31 Å². The Morgan fingerprint density at radius 2 is 2.25 bits per heavy atom. The van der Waals surface area contributed by atoms with Crippen LogP contribution < -0.4 is 5.73 Å². The van der Waals surface area contributed by atoms with E-state index in [9.17, 15) is 8.42 Å². The molecule has 0 aliphatic carbocycles. The number of hydrogen-bond acceptors (Lipinski definition) is 4. The molecule has 20 heavy (non-hydrogen) atoms. The fraction of sp³-hybridized carbons (Fsp3) is 0.538. The summed E-state index contributed by atoms with van der Waals surface area (Å²) in [7, 11) is -3.33. The van der Waals surface area contributed by atoms with E-state index in [1.165, 1.54) is 4.31 Å². The van der Waals surface area contributed by atoms with Crippen molar-refractivity contribution in [1.82, 2.24) is 9.29 Å². The van der Waals surface area contributed by atoms with Crippen molar-refractivity contribution in [1.29, 1.82) is 5.41 Å². The number of unbranched alkanes of at least 4 members (excludes halogenated alkanes) is 1. The number of rotatable bonds is 9. The second kappa shape index (κ2) is 7.96. The van der Waals surface area contributed by atoms with Crippen LogP contribution in [0.3, 0.4) is 0 Å². The van der Waals surface area contributed by atoms with Crippen LogP contribution in [0, 0.1) is 5.41 Å². The molecular formula is C13H22N4O2S. The van der Waals surface area contributed by atoms with Crippen LogP contribution in [0.1, 0.15) is 31.7 Å². The van der Waals surface area contributed by atoms with Crippen molar-refractivity contribution in [3.05, 3.63) is 30.1 Å². The molecule has 0 saturated carbocycles. The average molecular weight is 298 g/mol. The molecule has 0 bridgehead atoms. The lowest BCUT2D eigenvalue weighted by atomic mass is 10.3. The molecule has 0 radical (unpaired) electrons. The van der Waals surface area contributed by atoms with Crippen molar-refractivity contribution in [2.24, 2.45) is 5.73 Å². The topological polar surface area (TPSA) is 100 Å². The number of nitrogens with two attached hydrogens (primary N) is 1. The highest BCUT2D eigenvalue weighted by atomic mass is 32.2. The third kappa shape index (κ3) is 5.66. The number of sulfonamides is 1. The van der Waals surface area contributed by atoms with E-state index in [1.54, 1.807) is 18.5 Å². The van der Waals surface area contributed by atoms with Crippen LogP contribution in [0.15, 0.2) is 24.5 Å². The van der Waals surface area contributed by atoms with Gasteiger partial charge in [0.1, 0.15) is 0 Å². The molecule has 0 fully saturated rings. The highest BCUT2D eigenvalue weighted by molar-refractivity contribution is 7.89. The standard InChI is InChI=1S/C13H22N4O2S/c1-2-3-9-20(18,19)17(8-6-13(14)15)11-12-5-4-7-16-10-12/h4-5,7,10H,2-3,6,8-9,11H2,1H3,(H3,14,15). The fourth-order valence-corrected chi connectivity index (χ4v) is 3.34. The zero-order valence-corrected chi connectivity index (χ0v) is 12.6. The van der Waals surface area contributed by atoms with Gasteiger partial charge in [-0.25, -0.2) is 8.42 Å². The molecule has 0 aromatic carbocycles. The van der Waals surface area contributed by atoms with Crippen LogP contribution in [-0.4, -0.2) is 35.8 Å². The average Bonchev–Trinajstić information content (AvgIpc) is 2.42. The minimum atomic E-state index is -3.33. The third-order valence-electron chi connectivity index (χ3n) is 2.86.